The molecule has 2 saturated carbocycles. The van der Waals surface area contributed by atoms with Crippen molar-refractivity contribution >= 4 is 34.5 Å². The number of amides is 2. The molecule has 1 aromatic heterocycles. The number of hydrogen-bond acceptors (Lipinski definition) is 6. The number of fused-ring (bicyclic) bond motifs is 1. The van der Waals surface area contributed by atoms with Crippen molar-refractivity contribution in [2.75, 3.05) is 13.4 Å². The number of furan rings is 1. The van der Waals surface area contributed by atoms with Gasteiger partial charge in [-0.1, -0.05) is 24.3 Å². The number of alkyl halides is 2. The zero-order valence-electron chi connectivity index (χ0n) is 21.4. The van der Waals surface area contributed by atoms with Gasteiger partial charge in [0.1, 0.15) is 16.9 Å². The highest BCUT2D eigenvalue weighted by molar-refractivity contribution is 7.97. The lowest BCUT2D eigenvalue weighted by Gasteiger charge is -2.39. The van der Waals surface area contributed by atoms with Crippen LogP contribution in [0.4, 0.5) is 8.78 Å². The van der Waals surface area contributed by atoms with Crippen LogP contribution in [0, 0.1) is 0 Å². The molecule has 0 spiro atoms. The Kier molecular flexibility index (Phi) is 6.89. The van der Waals surface area contributed by atoms with E-state index in [1.165, 1.54) is 0 Å². The summed E-state index contributed by atoms with van der Waals surface area (Å²) in [4.78, 5) is 26.4. The Morgan fingerprint density at radius 2 is 1.68 bits per heavy atom. The molecule has 10 heteroatoms. The van der Waals surface area contributed by atoms with Gasteiger partial charge in [0.25, 0.3) is 5.91 Å². The molecule has 4 N–H and O–H groups in total. The number of methoxy groups -OCH3 is 1. The third-order valence-electron chi connectivity index (χ3n) is 7.44. The summed E-state index contributed by atoms with van der Waals surface area (Å²) >= 11 is 1.71. The van der Waals surface area contributed by atoms with Gasteiger partial charge in [-0.3, -0.25) is 9.59 Å². The van der Waals surface area contributed by atoms with E-state index in [9.17, 15) is 18.4 Å². The molecular formula is C28H31F2N3O4S. The summed E-state index contributed by atoms with van der Waals surface area (Å²) < 4.78 is 39.3. The van der Waals surface area contributed by atoms with Gasteiger partial charge in [-0.25, -0.2) is 8.78 Å². The summed E-state index contributed by atoms with van der Waals surface area (Å²) in [5, 5.41) is 6.17. The number of thioether (sulfide) groups is 1. The summed E-state index contributed by atoms with van der Waals surface area (Å²) in [7, 11) is 1.64. The first kappa shape index (κ1) is 26.5. The van der Waals surface area contributed by atoms with Crippen molar-refractivity contribution in [3.05, 3.63) is 53.8 Å². The number of benzene rings is 2. The number of carbonyl (C=O) groups is 2. The van der Waals surface area contributed by atoms with E-state index >= 15 is 0 Å². The van der Waals surface area contributed by atoms with Gasteiger partial charge >= 0.3 is 0 Å². The highest BCUT2D eigenvalue weighted by Crippen LogP contribution is 2.40. The van der Waals surface area contributed by atoms with E-state index in [1.54, 1.807) is 24.9 Å². The highest BCUT2D eigenvalue weighted by Gasteiger charge is 2.52. The summed E-state index contributed by atoms with van der Waals surface area (Å²) in [6, 6.07) is 13.2. The predicted molar refractivity (Wildman–Crippen MR) is 143 cm³/mol. The number of ether oxygens (including phenoxy) is 1. The van der Waals surface area contributed by atoms with Crippen molar-refractivity contribution < 1.29 is 27.5 Å². The Morgan fingerprint density at radius 1 is 1.00 bits per heavy atom. The molecule has 3 aromatic rings. The maximum Gasteiger partial charge on any atom is 0.287 e. The van der Waals surface area contributed by atoms with Crippen molar-refractivity contribution in [1.82, 2.24) is 10.6 Å². The number of carbonyl (C=O) groups excluding carboxylic acids is 2. The van der Waals surface area contributed by atoms with Crippen LogP contribution < -0.4 is 21.1 Å². The second-order valence-corrected chi connectivity index (χ2v) is 11.2. The molecule has 0 bridgehead atoms. The summed E-state index contributed by atoms with van der Waals surface area (Å²) in [5.74, 6) is -2.40. The molecule has 0 saturated heterocycles. The fraction of sp³-hybridized carbons (Fsp3) is 0.429. The molecular weight excluding hydrogens is 512 g/mol. The van der Waals surface area contributed by atoms with Gasteiger partial charge < -0.3 is 25.5 Å². The first-order chi connectivity index (χ1) is 18.1. The van der Waals surface area contributed by atoms with Gasteiger partial charge in [0.2, 0.25) is 11.8 Å². The van der Waals surface area contributed by atoms with Crippen LogP contribution in [-0.4, -0.2) is 42.3 Å². The normalized spacial score (nSPS) is 19.1. The molecule has 202 valence electrons. The number of hydrogen-bond donors (Lipinski definition) is 3. The largest absolute Gasteiger partial charge is 0.496 e. The van der Waals surface area contributed by atoms with Gasteiger partial charge in [-0.15, -0.1) is 0 Å². The molecule has 2 fully saturated rings. The van der Waals surface area contributed by atoms with Gasteiger partial charge in [-0.05, 0) is 61.3 Å². The quantitative estimate of drug-likeness (QED) is 0.337. The van der Waals surface area contributed by atoms with Crippen LogP contribution in [0.2, 0.25) is 0 Å². The van der Waals surface area contributed by atoms with Crippen LogP contribution in [0.3, 0.4) is 0 Å². The van der Waals surface area contributed by atoms with Gasteiger partial charge in [0, 0.05) is 29.5 Å². The minimum absolute atomic E-state index is 0.00319. The Hall–Kier alpha value is -3.11. The molecule has 2 amide bonds. The van der Waals surface area contributed by atoms with E-state index in [-0.39, 0.29) is 18.6 Å². The molecule has 0 aliphatic heterocycles. The first-order valence-corrected chi connectivity index (χ1v) is 14.0. The third kappa shape index (κ3) is 5.37. The Balaban J connectivity index is 1.39. The maximum absolute atomic E-state index is 14.0. The van der Waals surface area contributed by atoms with E-state index in [0.717, 1.165) is 28.2 Å². The zero-order valence-corrected chi connectivity index (χ0v) is 22.2. The molecule has 5 rings (SSSR count). The number of nitrogens with two attached hydrogens (primary N) is 1. The third-order valence-corrected chi connectivity index (χ3v) is 8.04. The lowest BCUT2D eigenvalue weighted by atomic mass is 9.78. The summed E-state index contributed by atoms with van der Waals surface area (Å²) in [5.41, 5.74) is 7.14. The van der Waals surface area contributed by atoms with Gasteiger partial charge in [0.05, 0.1) is 12.8 Å². The average Bonchev–Trinajstić information content (AvgIpc) is 3.45. The molecule has 0 atom stereocenters. The molecule has 1 heterocycles. The van der Waals surface area contributed by atoms with Crippen molar-refractivity contribution in [1.29, 1.82) is 0 Å². The van der Waals surface area contributed by atoms with Crippen molar-refractivity contribution in [3.8, 4) is 16.9 Å². The first-order valence-electron chi connectivity index (χ1n) is 12.6. The average molecular weight is 544 g/mol. The smallest absolute Gasteiger partial charge is 0.287 e. The molecule has 2 aromatic carbocycles. The van der Waals surface area contributed by atoms with E-state index in [1.807, 2.05) is 42.7 Å². The van der Waals surface area contributed by atoms with Crippen LogP contribution in [0.15, 0.2) is 46.9 Å². The molecule has 38 heavy (non-hydrogen) atoms. The Morgan fingerprint density at radius 3 is 2.34 bits per heavy atom. The fourth-order valence-corrected chi connectivity index (χ4v) is 5.41. The zero-order chi connectivity index (χ0) is 27.1. The lowest BCUT2D eigenvalue weighted by molar-refractivity contribution is -0.134. The monoisotopic (exact) mass is 543 g/mol. The molecule has 0 radical (unpaired) electrons. The fourth-order valence-electron chi connectivity index (χ4n) is 4.86. The molecule has 7 nitrogen and oxygen atoms in total. The van der Waals surface area contributed by atoms with E-state index in [4.69, 9.17) is 14.9 Å². The van der Waals surface area contributed by atoms with Gasteiger partial charge in [-0.2, -0.15) is 11.8 Å². The SMILES string of the molecule is COc1cc(-c2ccc3cc(C(=O)NC4(C(=O)NC5(N)CC5)CCC(F)(F)CC4)oc3c2)ccc1CSC. The maximum atomic E-state index is 14.0. The van der Waals surface area contributed by atoms with Crippen LogP contribution in [-0.2, 0) is 10.5 Å². The topological polar surface area (TPSA) is 107 Å². The van der Waals surface area contributed by atoms with Crippen molar-refractivity contribution in [2.24, 2.45) is 5.73 Å². The van der Waals surface area contributed by atoms with Gasteiger partial charge in [0.15, 0.2) is 5.76 Å². The van der Waals surface area contributed by atoms with Crippen LogP contribution in [0.5, 0.6) is 5.75 Å². The number of halogens is 2. The standard InChI is InChI=1S/C28H31F2N3O4S/c1-36-21-13-17(4-6-20(21)16-38-2)18-3-5-19-15-23(37-22(19)14-18)24(34)32-26(7-9-27(29,30)10-8-26)25(35)33-28(31)11-12-28/h3-6,13-15H,7-12,16,31H2,1-2H3,(H,32,34)(H,33,35). The van der Waals surface area contributed by atoms with E-state index < -0.39 is 41.8 Å². The predicted octanol–water partition coefficient (Wildman–Crippen LogP) is 5.21. The summed E-state index contributed by atoms with van der Waals surface area (Å²) in [6.07, 6.45) is 1.88. The number of rotatable bonds is 8. The Labute approximate surface area is 223 Å². The number of nitrogens with one attached hydrogen (secondary N) is 2. The van der Waals surface area contributed by atoms with Crippen LogP contribution in [0.25, 0.3) is 22.1 Å². The van der Waals surface area contributed by atoms with E-state index in [2.05, 4.69) is 10.6 Å². The van der Waals surface area contributed by atoms with Crippen molar-refractivity contribution in [2.45, 2.75) is 61.4 Å². The summed E-state index contributed by atoms with van der Waals surface area (Å²) in [6.45, 7) is 0. The van der Waals surface area contributed by atoms with E-state index in [0.29, 0.717) is 23.8 Å². The van der Waals surface area contributed by atoms with Crippen LogP contribution in [0.1, 0.15) is 54.6 Å². The lowest BCUT2D eigenvalue weighted by Crippen LogP contribution is -2.64. The second kappa shape index (κ2) is 9.89. The van der Waals surface area contributed by atoms with Crippen molar-refractivity contribution in [3.63, 3.8) is 0 Å². The van der Waals surface area contributed by atoms with Crippen LogP contribution >= 0.6 is 11.8 Å². The molecule has 2 aliphatic rings. The second-order valence-electron chi connectivity index (χ2n) is 10.3. The molecule has 2 aliphatic carbocycles. The minimum Gasteiger partial charge on any atom is -0.496 e. The minimum atomic E-state index is -2.87. The molecule has 0 unspecified atom stereocenters. The Bertz CT molecular complexity index is 1380. The highest BCUT2D eigenvalue weighted by atomic mass is 32.2.